The molecule has 0 atom stereocenters. The fourth-order valence-corrected chi connectivity index (χ4v) is 5.13. The van der Waals surface area contributed by atoms with Gasteiger partial charge in [0.15, 0.2) is 5.82 Å². The number of likely N-dealkylation sites (tertiary alicyclic amines) is 1. The zero-order chi connectivity index (χ0) is 24.8. The molecule has 1 aliphatic heterocycles. The van der Waals surface area contributed by atoms with Crippen LogP contribution in [0.2, 0.25) is 0 Å². The Labute approximate surface area is 211 Å². The number of nitrogens with one attached hydrogen (secondary N) is 2. The molecule has 0 bridgehead atoms. The molecule has 182 valence electrons. The Morgan fingerprint density at radius 1 is 0.865 bits per heavy atom. The van der Waals surface area contributed by atoms with E-state index in [1.165, 1.54) is 18.9 Å². The number of hydrogen-bond acceptors (Lipinski definition) is 6. The van der Waals surface area contributed by atoms with E-state index in [0.717, 1.165) is 58.4 Å². The molecule has 0 unspecified atom stereocenters. The number of nitrogens with zero attached hydrogens (tertiary/aromatic N) is 6. The minimum atomic E-state index is -0.323. The lowest BCUT2D eigenvalue weighted by Crippen LogP contribution is -2.18. The lowest BCUT2D eigenvalue weighted by molar-refractivity contribution is 0.331. The minimum Gasteiger partial charge on any atom is -0.336 e. The van der Waals surface area contributed by atoms with E-state index in [4.69, 9.17) is 4.98 Å². The van der Waals surface area contributed by atoms with Gasteiger partial charge in [0.1, 0.15) is 17.0 Å². The van der Waals surface area contributed by atoms with Gasteiger partial charge in [0, 0.05) is 65.7 Å². The summed E-state index contributed by atoms with van der Waals surface area (Å²) in [5.41, 5.74) is 6.80. The minimum absolute atomic E-state index is 0.323. The Balaban J connectivity index is 1.31. The lowest BCUT2D eigenvalue weighted by Gasteiger charge is -2.15. The van der Waals surface area contributed by atoms with Gasteiger partial charge in [-0.25, -0.2) is 9.37 Å². The number of pyridine rings is 3. The SMILES string of the molecule is Fc1cc2[nH]nc(-c3nc4c(-c5ccncc5)nccc4[nH]3)c2cc1-c1cncc(CN2CCCC2)c1. The molecular weight excluding hydrogens is 467 g/mol. The summed E-state index contributed by atoms with van der Waals surface area (Å²) in [6.45, 7) is 3.02. The van der Waals surface area contributed by atoms with Crippen molar-refractivity contribution >= 4 is 21.9 Å². The molecule has 2 N–H and O–H groups in total. The van der Waals surface area contributed by atoms with Crippen LogP contribution in [0.15, 0.2) is 67.4 Å². The third-order valence-corrected chi connectivity index (χ3v) is 6.94. The van der Waals surface area contributed by atoms with E-state index in [2.05, 4.69) is 35.0 Å². The first-order chi connectivity index (χ1) is 18.2. The average molecular weight is 491 g/mol. The summed E-state index contributed by atoms with van der Waals surface area (Å²) in [5.74, 6) is 0.264. The maximum atomic E-state index is 15.2. The topological polar surface area (TPSA) is 99.3 Å². The molecule has 6 aromatic rings. The molecule has 1 aromatic carbocycles. The Morgan fingerprint density at radius 3 is 2.59 bits per heavy atom. The maximum Gasteiger partial charge on any atom is 0.159 e. The highest BCUT2D eigenvalue weighted by molar-refractivity contribution is 5.97. The molecule has 5 aromatic heterocycles. The summed E-state index contributed by atoms with van der Waals surface area (Å²) in [5, 5.41) is 8.22. The monoisotopic (exact) mass is 490 g/mol. The Bertz CT molecular complexity index is 1730. The second-order valence-corrected chi connectivity index (χ2v) is 9.39. The fraction of sp³-hybridized carbons (Fsp3) is 0.179. The molecule has 0 aliphatic carbocycles. The van der Waals surface area contributed by atoms with Gasteiger partial charge in [-0.05, 0) is 61.8 Å². The van der Waals surface area contributed by atoms with E-state index >= 15 is 4.39 Å². The van der Waals surface area contributed by atoms with Gasteiger partial charge in [-0.3, -0.25) is 25.0 Å². The van der Waals surface area contributed by atoms with Crippen LogP contribution in [-0.2, 0) is 6.54 Å². The predicted octanol–water partition coefficient (Wildman–Crippen LogP) is 5.36. The Hall–Kier alpha value is -4.50. The molecule has 0 amide bonds. The van der Waals surface area contributed by atoms with Gasteiger partial charge in [0.25, 0.3) is 0 Å². The normalized spacial score (nSPS) is 14.2. The van der Waals surface area contributed by atoms with Gasteiger partial charge in [-0.15, -0.1) is 0 Å². The van der Waals surface area contributed by atoms with Crippen molar-refractivity contribution in [2.45, 2.75) is 19.4 Å². The fourth-order valence-electron chi connectivity index (χ4n) is 5.13. The van der Waals surface area contributed by atoms with Crippen LogP contribution in [0.4, 0.5) is 4.39 Å². The largest absolute Gasteiger partial charge is 0.336 e. The van der Waals surface area contributed by atoms with E-state index in [1.54, 1.807) is 24.8 Å². The summed E-state index contributed by atoms with van der Waals surface area (Å²) < 4.78 is 15.2. The van der Waals surface area contributed by atoms with Crippen molar-refractivity contribution in [3.63, 3.8) is 0 Å². The molecule has 1 saturated heterocycles. The molecule has 8 nitrogen and oxygen atoms in total. The number of hydrogen-bond donors (Lipinski definition) is 2. The second kappa shape index (κ2) is 8.86. The highest BCUT2D eigenvalue weighted by Gasteiger charge is 2.19. The number of imidazole rings is 1. The first kappa shape index (κ1) is 21.8. The van der Waals surface area contributed by atoms with Crippen LogP contribution in [0.25, 0.3) is 55.8 Å². The Kier molecular flexibility index (Phi) is 5.21. The number of halogens is 1. The zero-order valence-electron chi connectivity index (χ0n) is 19.9. The van der Waals surface area contributed by atoms with Gasteiger partial charge in [-0.1, -0.05) is 0 Å². The van der Waals surface area contributed by atoms with E-state index in [9.17, 15) is 0 Å². The van der Waals surface area contributed by atoms with E-state index in [1.807, 2.05) is 36.5 Å². The van der Waals surface area contributed by atoms with Gasteiger partial charge in [-0.2, -0.15) is 5.10 Å². The van der Waals surface area contributed by atoms with E-state index < -0.39 is 0 Å². The van der Waals surface area contributed by atoms with Crippen molar-refractivity contribution in [2.24, 2.45) is 0 Å². The first-order valence-corrected chi connectivity index (χ1v) is 12.3. The van der Waals surface area contributed by atoms with Crippen LogP contribution in [0.5, 0.6) is 0 Å². The standard InChI is InChI=1S/C28H23FN8/c29-22-13-24-21(12-20(22)19-11-17(14-31-15-19)16-37-9-1-2-10-37)26(36-35-24)28-33-23-5-8-32-25(27(23)34-28)18-3-6-30-7-4-18/h3-8,11-15H,1-2,9-10,16H2,(H,33,34)(H,35,36). The lowest BCUT2D eigenvalue weighted by atomic mass is 10.0. The van der Waals surface area contributed by atoms with Crippen LogP contribution in [0.1, 0.15) is 18.4 Å². The summed E-state index contributed by atoms with van der Waals surface area (Å²) in [6.07, 6.45) is 11.2. The van der Waals surface area contributed by atoms with Gasteiger partial charge in [0.05, 0.1) is 16.7 Å². The Morgan fingerprint density at radius 2 is 1.73 bits per heavy atom. The van der Waals surface area contributed by atoms with Gasteiger partial charge < -0.3 is 4.98 Å². The predicted molar refractivity (Wildman–Crippen MR) is 140 cm³/mol. The van der Waals surface area contributed by atoms with Crippen LogP contribution in [0, 0.1) is 5.82 Å². The van der Waals surface area contributed by atoms with Crippen molar-refractivity contribution in [2.75, 3.05) is 13.1 Å². The zero-order valence-corrected chi connectivity index (χ0v) is 19.9. The molecule has 0 spiro atoms. The molecule has 0 radical (unpaired) electrons. The van der Waals surface area contributed by atoms with Crippen LogP contribution in [0.3, 0.4) is 0 Å². The highest BCUT2D eigenvalue weighted by Crippen LogP contribution is 2.34. The molecule has 1 aliphatic rings. The molecule has 0 saturated carbocycles. The van der Waals surface area contributed by atoms with Gasteiger partial charge in [0.2, 0.25) is 0 Å². The molecule has 9 heteroatoms. The molecule has 37 heavy (non-hydrogen) atoms. The van der Waals surface area contributed by atoms with Crippen molar-refractivity contribution in [3.8, 4) is 33.9 Å². The van der Waals surface area contributed by atoms with Crippen LogP contribution >= 0.6 is 0 Å². The highest BCUT2D eigenvalue weighted by atomic mass is 19.1. The molecular formula is C28H23FN8. The quantitative estimate of drug-likeness (QED) is 0.338. The van der Waals surface area contributed by atoms with E-state index in [-0.39, 0.29) is 5.82 Å². The second-order valence-electron chi connectivity index (χ2n) is 9.39. The third-order valence-electron chi connectivity index (χ3n) is 6.94. The molecule has 6 heterocycles. The average Bonchev–Trinajstić information content (AvgIpc) is 3.68. The van der Waals surface area contributed by atoms with Crippen molar-refractivity contribution in [1.29, 1.82) is 0 Å². The smallest absolute Gasteiger partial charge is 0.159 e. The number of aromatic amines is 2. The summed E-state index contributed by atoms with van der Waals surface area (Å²) in [7, 11) is 0. The number of aromatic nitrogens is 7. The van der Waals surface area contributed by atoms with Crippen LogP contribution in [-0.4, -0.2) is 53.1 Å². The first-order valence-electron chi connectivity index (χ1n) is 12.3. The number of rotatable bonds is 5. The summed E-state index contributed by atoms with van der Waals surface area (Å²) >= 11 is 0. The van der Waals surface area contributed by atoms with Crippen molar-refractivity contribution < 1.29 is 4.39 Å². The number of benzene rings is 1. The summed E-state index contributed by atoms with van der Waals surface area (Å²) in [6, 6.07) is 11.0. The maximum absolute atomic E-state index is 15.2. The number of fused-ring (bicyclic) bond motifs is 2. The van der Waals surface area contributed by atoms with Gasteiger partial charge >= 0.3 is 0 Å². The number of H-pyrrole nitrogens is 2. The van der Waals surface area contributed by atoms with Crippen molar-refractivity contribution in [1.82, 2.24) is 40.0 Å². The summed E-state index contributed by atoms with van der Waals surface area (Å²) in [4.78, 5) is 23.7. The van der Waals surface area contributed by atoms with Crippen LogP contribution < -0.4 is 0 Å². The third kappa shape index (κ3) is 3.93. The van der Waals surface area contributed by atoms with Crippen molar-refractivity contribution in [3.05, 3.63) is 78.8 Å². The molecule has 1 fully saturated rings. The van der Waals surface area contributed by atoms with E-state index in [0.29, 0.717) is 22.6 Å². The molecule has 7 rings (SSSR count).